The molecule has 1 atom stereocenters. The van der Waals surface area contributed by atoms with Gasteiger partial charge in [-0.2, -0.15) is 0 Å². The van der Waals surface area contributed by atoms with Gasteiger partial charge in [0.15, 0.2) is 0 Å². The molecule has 1 saturated carbocycles. The van der Waals surface area contributed by atoms with Gasteiger partial charge in [0.05, 0.1) is 6.61 Å². The van der Waals surface area contributed by atoms with Gasteiger partial charge in [0.2, 0.25) is 0 Å². The van der Waals surface area contributed by atoms with Crippen LogP contribution in [0.2, 0.25) is 0 Å². The number of carbonyl (C=O) groups is 2. The Bertz CT molecular complexity index is 393. The zero-order valence-corrected chi connectivity index (χ0v) is 12.3. The van der Waals surface area contributed by atoms with Crippen molar-refractivity contribution in [3.05, 3.63) is 12.2 Å². The molecule has 1 unspecified atom stereocenters. The molecule has 1 heterocycles. The van der Waals surface area contributed by atoms with Crippen LogP contribution in [-0.4, -0.2) is 24.1 Å². The lowest BCUT2D eigenvalue weighted by Gasteiger charge is -2.36. The van der Waals surface area contributed by atoms with Crippen molar-refractivity contribution >= 4 is 11.9 Å². The van der Waals surface area contributed by atoms with E-state index >= 15 is 0 Å². The molecule has 20 heavy (non-hydrogen) atoms. The minimum atomic E-state index is -0.332. The van der Waals surface area contributed by atoms with Gasteiger partial charge in [-0.1, -0.05) is 13.0 Å². The highest BCUT2D eigenvalue weighted by Gasteiger charge is 2.51. The Labute approximate surface area is 120 Å². The Kier molecular flexibility index (Phi) is 4.84. The largest absolute Gasteiger partial charge is 0.466 e. The number of ether oxygens (including phenoxy) is 2. The fraction of sp³-hybridized carbons (Fsp3) is 0.750. The van der Waals surface area contributed by atoms with Crippen LogP contribution in [-0.2, 0) is 19.1 Å². The van der Waals surface area contributed by atoms with Gasteiger partial charge in [-0.3, -0.25) is 4.79 Å². The Morgan fingerprint density at radius 2 is 2.10 bits per heavy atom. The van der Waals surface area contributed by atoms with E-state index in [4.69, 9.17) is 9.47 Å². The Hall–Kier alpha value is -1.32. The first kappa shape index (κ1) is 15.1. The molecule has 0 bridgehead atoms. The quantitative estimate of drug-likeness (QED) is 0.573. The number of rotatable bonds is 5. The van der Waals surface area contributed by atoms with Crippen LogP contribution in [0.5, 0.6) is 0 Å². The average molecular weight is 280 g/mol. The van der Waals surface area contributed by atoms with E-state index in [0.717, 1.165) is 38.5 Å². The molecular weight excluding hydrogens is 256 g/mol. The second kappa shape index (κ2) is 6.42. The first-order valence-corrected chi connectivity index (χ1v) is 7.67. The van der Waals surface area contributed by atoms with Gasteiger partial charge >= 0.3 is 11.9 Å². The number of hydrogen-bond donors (Lipinski definition) is 0. The maximum absolute atomic E-state index is 11.8. The van der Waals surface area contributed by atoms with Gasteiger partial charge in [0, 0.05) is 17.9 Å². The molecule has 2 fully saturated rings. The fourth-order valence-corrected chi connectivity index (χ4v) is 3.50. The van der Waals surface area contributed by atoms with Gasteiger partial charge < -0.3 is 9.47 Å². The summed E-state index contributed by atoms with van der Waals surface area (Å²) < 4.78 is 10.6. The fourth-order valence-electron chi connectivity index (χ4n) is 3.50. The third kappa shape index (κ3) is 3.05. The maximum Gasteiger partial charge on any atom is 0.334 e. The first-order chi connectivity index (χ1) is 9.59. The predicted molar refractivity (Wildman–Crippen MR) is 75.0 cm³/mol. The van der Waals surface area contributed by atoms with Crippen molar-refractivity contribution in [2.45, 2.75) is 63.9 Å². The van der Waals surface area contributed by atoms with Gasteiger partial charge in [0.1, 0.15) is 5.60 Å². The summed E-state index contributed by atoms with van der Waals surface area (Å²) in [5.74, 6) is -0.334. The third-order valence-electron chi connectivity index (χ3n) is 4.49. The number of carbonyl (C=O) groups excluding carboxylic acids is 2. The molecule has 2 rings (SSSR count). The molecule has 0 N–H and O–H groups in total. The lowest BCUT2D eigenvalue weighted by atomic mass is 9.73. The zero-order chi connectivity index (χ0) is 14.6. The number of esters is 2. The molecule has 0 aromatic heterocycles. The second-order valence-electron chi connectivity index (χ2n) is 5.79. The van der Waals surface area contributed by atoms with Crippen LogP contribution < -0.4 is 0 Å². The van der Waals surface area contributed by atoms with Crippen molar-refractivity contribution in [1.82, 2.24) is 0 Å². The predicted octanol–water partition coefficient (Wildman–Crippen LogP) is 3.15. The van der Waals surface area contributed by atoms with Crippen LogP contribution in [0.25, 0.3) is 0 Å². The molecule has 4 heteroatoms. The van der Waals surface area contributed by atoms with Crippen molar-refractivity contribution in [1.29, 1.82) is 0 Å². The van der Waals surface area contributed by atoms with Gasteiger partial charge in [-0.15, -0.1) is 0 Å². The molecule has 2 aliphatic rings. The highest BCUT2D eigenvalue weighted by molar-refractivity contribution is 5.91. The summed E-state index contributed by atoms with van der Waals surface area (Å²) >= 11 is 0. The number of hydrogen-bond acceptors (Lipinski definition) is 4. The summed E-state index contributed by atoms with van der Waals surface area (Å²) in [5.41, 5.74) is 0.261. The van der Waals surface area contributed by atoms with E-state index in [9.17, 15) is 9.59 Å². The lowest BCUT2D eigenvalue weighted by Crippen LogP contribution is -2.38. The molecule has 1 saturated heterocycles. The minimum Gasteiger partial charge on any atom is -0.466 e. The summed E-state index contributed by atoms with van der Waals surface area (Å²) in [4.78, 5) is 23.2. The SMILES string of the molecule is C=C1C(=O)OC2(CCCCC2)C1CCCC(=O)OCC. The summed E-state index contributed by atoms with van der Waals surface area (Å²) in [6.45, 7) is 6.13. The van der Waals surface area contributed by atoms with Crippen LogP contribution >= 0.6 is 0 Å². The van der Waals surface area contributed by atoms with Gasteiger partial charge in [-0.25, -0.2) is 4.79 Å². The summed E-state index contributed by atoms with van der Waals surface area (Å²) in [7, 11) is 0. The van der Waals surface area contributed by atoms with Crippen LogP contribution in [0, 0.1) is 5.92 Å². The summed E-state index contributed by atoms with van der Waals surface area (Å²) in [5, 5.41) is 0. The molecule has 0 aromatic carbocycles. The first-order valence-electron chi connectivity index (χ1n) is 7.67. The standard InChI is InChI=1S/C16H24O4/c1-3-19-14(17)9-7-8-13-12(2)15(18)20-16(13)10-5-4-6-11-16/h13H,2-11H2,1H3. The van der Waals surface area contributed by atoms with Crippen molar-refractivity contribution in [3.63, 3.8) is 0 Å². The molecule has 0 amide bonds. The molecule has 4 nitrogen and oxygen atoms in total. The lowest BCUT2D eigenvalue weighted by molar-refractivity contribution is -0.151. The van der Waals surface area contributed by atoms with Crippen LogP contribution in [0.3, 0.4) is 0 Å². The van der Waals surface area contributed by atoms with Gasteiger partial charge in [0.25, 0.3) is 0 Å². The van der Waals surface area contributed by atoms with Crippen molar-refractivity contribution in [2.24, 2.45) is 5.92 Å². The highest BCUT2D eigenvalue weighted by Crippen LogP contribution is 2.48. The van der Waals surface area contributed by atoms with Crippen molar-refractivity contribution in [2.75, 3.05) is 6.61 Å². The highest BCUT2D eigenvalue weighted by atomic mass is 16.6. The van der Waals surface area contributed by atoms with Crippen LogP contribution in [0.1, 0.15) is 58.3 Å². The molecular formula is C16H24O4. The Morgan fingerprint density at radius 1 is 1.40 bits per heavy atom. The van der Waals surface area contributed by atoms with Crippen molar-refractivity contribution < 1.29 is 19.1 Å². The molecule has 1 aliphatic heterocycles. The van der Waals surface area contributed by atoms with E-state index in [0.29, 0.717) is 18.6 Å². The van der Waals surface area contributed by atoms with E-state index in [-0.39, 0.29) is 23.5 Å². The smallest absolute Gasteiger partial charge is 0.334 e. The normalized spacial score (nSPS) is 24.8. The van der Waals surface area contributed by atoms with Crippen LogP contribution in [0.15, 0.2) is 12.2 Å². The van der Waals surface area contributed by atoms with Crippen LogP contribution in [0.4, 0.5) is 0 Å². The minimum absolute atomic E-state index is 0.0738. The molecule has 1 spiro atoms. The topological polar surface area (TPSA) is 52.6 Å². The van der Waals surface area contributed by atoms with E-state index in [2.05, 4.69) is 6.58 Å². The third-order valence-corrected chi connectivity index (χ3v) is 4.49. The zero-order valence-electron chi connectivity index (χ0n) is 12.3. The second-order valence-corrected chi connectivity index (χ2v) is 5.79. The molecule has 112 valence electrons. The Balaban J connectivity index is 1.94. The summed E-state index contributed by atoms with van der Waals surface area (Å²) in [6, 6.07) is 0. The molecule has 1 aliphatic carbocycles. The van der Waals surface area contributed by atoms with Crippen molar-refractivity contribution in [3.8, 4) is 0 Å². The monoisotopic (exact) mass is 280 g/mol. The van der Waals surface area contributed by atoms with E-state index < -0.39 is 0 Å². The summed E-state index contributed by atoms with van der Waals surface area (Å²) in [6.07, 6.45) is 7.20. The average Bonchev–Trinajstić information content (AvgIpc) is 2.64. The van der Waals surface area contributed by atoms with E-state index in [1.54, 1.807) is 6.92 Å². The molecule has 0 radical (unpaired) electrons. The van der Waals surface area contributed by atoms with E-state index in [1.165, 1.54) is 6.42 Å². The van der Waals surface area contributed by atoms with Gasteiger partial charge in [-0.05, 0) is 45.4 Å². The Morgan fingerprint density at radius 3 is 2.75 bits per heavy atom. The molecule has 0 aromatic rings. The van der Waals surface area contributed by atoms with E-state index in [1.807, 2.05) is 0 Å². The maximum atomic E-state index is 11.8.